The van der Waals surface area contributed by atoms with Crippen molar-refractivity contribution in [1.29, 1.82) is 0 Å². The lowest BCUT2D eigenvalue weighted by Crippen LogP contribution is -2.28. The molecule has 11 rings (SSSR count). The van der Waals surface area contributed by atoms with Gasteiger partial charge in [-0.25, -0.2) is 15.0 Å². The van der Waals surface area contributed by atoms with Crippen molar-refractivity contribution < 1.29 is 0 Å². The zero-order valence-corrected chi connectivity index (χ0v) is 31.0. The third-order valence-electron chi connectivity index (χ3n) is 11.6. The van der Waals surface area contributed by atoms with Crippen LogP contribution in [-0.4, -0.2) is 15.0 Å². The quantitative estimate of drug-likeness (QED) is 0.171. The maximum absolute atomic E-state index is 5.26. The largest absolute Gasteiger partial charge is 0.208 e. The van der Waals surface area contributed by atoms with Crippen LogP contribution in [0.4, 0.5) is 0 Å². The molecule has 0 saturated heterocycles. The van der Waals surface area contributed by atoms with E-state index in [1.165, 1.54) is 55.1 Å². The Bertz CT molecular complexity index is 3070. The third kappa shape index (κ3) is 5.39. The number of hydrogen-bond donors (Lipinski definition) is 0. The summed E-state index contributed by atoms with van der Waals surface area (Å²) in [6.07, 6.45) is 0. The Balaban J connectivity index is 1.11. The summed E-state index contributed by atoms with van der Waals surface area (Å²) in [6, 6.07) is 75.9. The van der Waals surface area contributed by atoms with E-state index < -0.39 is 5.41 Å². The normalized spacial score (nSPS) is 12.7. The Labute approximate surface area is 331 Å². The highest BCUT2D eigenvalue weighted by atomic mass is 15.0. The monoisotopic (exact) mass is 725 g/mol. The fourth-order valence-electron chi connectivity index (χ4n) is 8.95. The summed E-state index contributed by atoms with van der Waals surface area (Å²) >= 11 is 0. The molecule has 0 bridgehead atoms. The zero-order chi connectivity index (χ0) is 37.8. The molecule has 0 amide bonds. The number of benzene rings is 9. The van der Waals surface area contributed by atoms with Gasteiger partial charge in [0.1, 0.15) is 0 Å². The molecular formula is C54H35N3. The Morgan fingerprint density at radius 3 is 1.51 bits per heavy atom. The molecule has 3 heteroatoms. The molecule has 0 atom stereocenters. The van der Waals surface area contributed by atoms with Crippen LogP contribution < -0.4 is 0 Å². The summed E-state index contributed by atoms with van der Waals surface area (Å²) < 4.78 is 0. The Kier molecular flexibility index (Phi) is 7.71. The van der Waals surface area contributed by atoms with Crippen LogP contribution in [0.25, 0.3) is 78.0 Å². The van der Waals surface area contributed by atoms with Gasteiger partial charge in [0, 0.05) is 16.7 Å². The van der Waals surface area contributed by atoms with Gasteiger partial charge >= 0.3 is 0 Å². The molecule has 0 fully saturated rings. The summed E-state index contributed by atoms with van der Waals surface area (Å²) in [5.41, 5.74) is 12.0. The first-order valence-electron chi connectivity index (χ1n) is 19.4. The third-order valence-corrected chi connectivity index (χ3v) is 11.6. The standard InChI is InChI=1S/C54H35N3/c1-3-18-43(19-4-1)54(44-20-5-2-6-21-44)49-25-12-11-23-47(49)48-33-32-42(35-50(48)54)53-56-51(55-52(57-53)41-31-26-36-14-7-8-16-40(36)34-41)39-29-27-38(28-30-39)46-24-13-17-37-15-9-10-22-45(37)46/h1-35H. The van der Waals surface area contributed by atoms with Crippen molar-refractivity contribution in [1.82, 2.24) is 15.0 Å². The van der Waals surface area contributed by atoms with Gasteiger partial charge in [-0.15, -0.1) is 0 Å². The van der Waals surface area contributed by atoms with Crippen LogP contribution >= 0.6 is 0 Å². The molecule has 10 aromatic rings. The topological polar surface area (TPSA) is 38.7 Å². The van der Waals surface area contributed by atoms with Gasteiger partial charge in [-0.1, -0.05) is 200 Å². The molecule has 0 N–H and O–H groups in total. The Hall–Kier alpha value is -7.49. The molecule has 1 aliphatic rings. The van der Waals surface area contributed by atoms with E-state index in [2.05, 4.69) is 212 Å². The highest BCUT2D eigenvalue weighted by molar-refractivity contribution is 5.97. The highest BCUT2D eigenvalue weighted by Gasteiger charge is 2.46. The highest BCUT2D eigenvalue weighted by Crippen LogP contribution is 2.56. The molecule has 1 aliphatic carbocycles. The van der Waals surface area contributed by atoms with Crippen LogP contribution in [0.15, 0.2) is 212 Å². The van der Waals surface area contributed by atoms with Crippen LogP contribution in [0.2, 0.25) is 0 Å². The van der Waals surface area contributed by atoms with Crippen molar-refractivity contribution in [2.75, 3.05) is 0 Å². The number of nitrogens with zero attached hydrogens (tertiary/aromatic N) is 3. The van der Waals surface area contributed by atoms with Gasteiger partial charge in [0.05, 0.1) is 5.41 Å². The molecule has 1 heterocycles. The van der Waals surface area contributed by atoms with Gasteiger partial charge in [-0.2, -0.15) is 0 Å². The molecule has 57 heavy (non-hydrogen) atoms. The minimum Gasteiger partial charge on any atom is -0.208 e. The van der Waals surface area contributed by atoms with Crippen LogP contribution in [-0.2, 0) is 5.41 Å². The van der Waals surface area contributed by atoms with Crippen molar-refractivity contribution in [2.45, 2.75) is 5.41 Å². The van der Waals surface area contributed by atoms with Gasteiger partial charge in [-0.05, 0) is 78.2 Å². The number of aromatic nitrogens is 3. The Morgan fingerprint density at radius 2 is 0.772 bits per heavy atom. The van der Waals surface area contributed by atoms with Crippen LogP contribution in [0.3, 0.4) is 0 Å². The maximum Gasteiger partial charge on any atom is 0.164 e. The SMILES string of the molecule is c1ccc(C2(c3ccccc3)c3ccccc3-c3ccc(-c4nc(-c5ccc(-c6cccc7ccccc67)cc5)nc(-c5ccc6ccccc6c5)n4)cc32)cc1. The van der Waals surface area contributed by atoms with Gasteiger partial charge in [0.15, 0.2) is 17.5 Å². The Morgan fingerprint density at radius 1 is 0.281 bits per heavy atom. The average Bonchev–Trinajstić information content (AvgIpc) is 3.59. The lowest BCUT2D eigenvalue weighted by atomic mass is 9.67. The van der Waals surface area contributed by atoms with Gasteiger partial charge in [-0.3, -0.25) is 0 Å². The van der Waals surface area contributed by atoms with Crippen LogP contribution in [0, 0.1) is 0 Å². The van der Waals surface area contributed by atoms with Crippen LogP contribution in [0.1, 0.15) is 22.3 Å². The van der Waals surface area contributed by atoms with Gasteiger partial charge < -0.3 is 0 Å². The fraction of sp³-hybridized carbons (Fsp3) is 0.0185. The summed E-state index contributed by atoms with van der Waals surface area (Å²) in [5.74, 6) is 1.91. The average molecular weight is 726 g/mol. The first-order chi connectivity index (χ1) is 28.2. The minimum atomic E-state index is -0.529. The molecule has 0 unspecified atom stereocenters. The van der Waals surface area contributed by atoms with E-state index in [1.807, 2.05) is 0 Å². The van der Waals surface area contributed by atoms with E-state index in [0.717, 1.165) is 27.6 Å². The minimum absolute atomic E-state index is 0.529. The van der Waals surface area contributed by atoms with Crippen LogP contribution in [0.5, 0.6) is 0 Å². The van der Waals surface area contributed by atoms with Crippen molar-refractivity contribution >= 4 is 21.5 Å². The molecular weight excluding hydrogens is 691 g/mol. The van der Waals surface area contributed by atoms with E-state index in [4.69, 9.17) is 15.0 Å². The molecule has 1 aromatic heterocycles. The van der Waals surface area contributed by atoms with E-state index in [9.17, 15) is 0 Å². The lowest BCUT2D eigenvalue weighted by molar-refractivity contribution is 0.768. The summed E-state index contributed by atoms with van der Waals surface area (Å²) in [5, 5.41) is 4.77. The van der Waals surface area contributed by atoms with E-state index >= 15 is 0 Å². The summed E-state index contributed by atoms with van der Waals surface area (Å²) in [7, 11) is 0. The van der Waals surface area contributed by atoms with Gasteiger partial charge in [0.25, 0.3) is 0 Å². The van der Waals surface area contributed by atoms with E-state index in [1.54, 1.807) is 0 Å². The molecule has 266 valence electrons. The second-order valence-electron chi connectivity index (χ2n) is 14.8. The molecule has 0 radical (unpaired) electrons. The predicted octanol–water partition coefficient (Wildman–Crippen LogP) is 13.2. The molecule has 3 nitrogen and oxygen atoms in total. The van der Waals surface area contributed by atoms with E-state index in [-0.39, 0.29) is 0 Å². The molecule has 0 saturated carbocycles. The zero-order valence-electron chi connectivity index (χ0n) is 31.0. The first kappa shape index (κ1) is 32.9. The van der Waals surface area contributed by atoms with Crippen molar-refractivity contribution in [3.63, 3.8) is 0 Å². The number of fused-ring (bicyclic) bond motifs is 5. The maximum atomic E-state index is 5.26. The van der Waals surface area contributed by atoms with Gasteiger partial charge in [0.2, 0.25) is 0 Å². The summed E-state index contributed by atoms with van der Waals surface area (Å²) in [6.45, 7) is 0. The first-order valence-corrected chi connectivity index (χ1v) is 19.4. The fourth-order valence-corrected chi connectivity index (χ4v) is 8.95. The second kappa shape index (κ2) is 13.4. The number of hydrogen-bond acceptors (Lipinski definition) is 3. The molecule has 0 spiro atoms. The van der Waals surface area contributed by atoms with Crippen molar-refractivity contribution in [3.8, 4) is 56.4 Å². The number of rotatable bonds is 6. The second-order valence-corrected chi connectivity index (χ2v) is 14.8. The lowest BCUT2D eigenvalue weighted by Gasteiger charge is -2.34. The summed E-state index contributed by atoms with van der Waals surface area (Å²) in [4.78, 5) is 15.7. The van der Waals surface area contributed by atoms with Crippen molar-refractivity contribution in [2.24, 2.45) is 0 Å². The molecule has 9 aromatic carbocycles. The predicted molar refractivity (Wildman–Crippen MR) is 234 cm³/mol. The van der Waals surface area contributed by atoms with E-state index in [0.29, 0.717) is 17.5 Å². The van der Waals surface area contributed by atoms with Crippen molar-refractivity contribution in [3.05, 3.63) is 235 Å². The molecule has 0 aliphatic heterocycles. The smallest absolute Gasteiger partial charge is 0.164 e.